The van der Waals surface area contributed by atoms with Gasteiger partial charge >= 0.3 is 0 Å². The maximum Gasteiger partial charge on any atom is 0.217 e. The lowest BCUT2D eigenvalue weighted by atomic mass is 9.94. The van der Waals surface area contributed by atoms with Gasteiger partial charge in [0.25, 0.3) is 0 Å². The van der Waals surface area contributed by atoms with Crippen LogP contribution >= 0.6 is 0 Å². The monoisotopic (exact) mass is 1460 g/mol. The molecule has 0 aromatic rings. The van der Waals surface area contributed by atoms with Crippen LogP contribution in [0.3, 0.4) is 0 Å². The fraction of sp³-hybridized carbons (Fsp3) is 0.929. The van der Waals surface area contributed by atoms with Gasteiger partial charge in [0.05, 0.1) is 52.4 Å². The normalized spacial score (nSPS) is 48.7. The van der Waals surface area contributed by atoms with E-state index in [0.29, 0.717) is 0 Å². The van der Waals surface area contributed by atoms with Crippen LogP contribution in [0.5, 0.6) is 0 Å². The number of nitrogens with one attached hydrogen (secondary N) is 4. The average Bonchev–Trinajstić information content (AvgIpc) is 0.776. The highest BCUT2D eigenvalue weighted by Gasteiger charge is 2.60. The zero-order valence-electron chi connectivity index (χ0n) is 54.2. The Hall–Kier alpha value is -3.56. The van der Waals surface area contributed by atoms with Gasteiger partial charge in [0.1, 0.15) is 189 Å². The van der Waals surface area contributed by atoms with Gasteiger partial charge in [0.2, 0.25) is 23.6 Å². The number of hydrogen-bond acceptors (Lipinski definition) is 40. The molecule has 100 heavy (non-hydrogen) atoms. The van der Waals surface area contributed by atoms with Crippen molar-refractivity contribution in [3.8, 4) is 0 Å². The number of aliphatic hydroxyl groups excluding tert-OH is 21. The Morgan fingerprint density at radius 2 is 0.610 bits per heavy atom. The summed E-state index contributed by atoms with van der Waals surface area (Å²) >= 11 is 0. The molecule has 4 amide bonds. The smallest absolute Gasteiger partial charge is 0.217 e. The maximum atomic E-state index is 12.8. The van der Waals surface area contributed by atoms with Crippen molar-refractivity contribution in [2.75, 3.05) is 46.2 Å². The van der Waals surface area contributed by atoms with Gasteiger partial charge in [-0.1, -0.05) is 0 Å². The number of rotatable bonds is 25. The molecule has 8 aliphatic heterocycles. The third-order valence-electron chi connectivity index (χ3n) is 18.2. The van der Waals surface area contributed by atoms with Crippen LogP contribution in [-0.2, 0) is 90.2 Å². The van der Waals surface area contributed by atoms with Gasteiger partial charge in [0, 0.05) is 27.7 Å². The summed E-state index contributed by atoms with van der Waals surface area (Å²) in [6.45, 7) is -1.70. The molecule has 8 fully saturated rings. The number of amides is 4. The van der Waals surface area contributed by atoms with E-state index in [9.17, 15) is 126 Å². The van der Waals surface area contributed by atoms with E-state index >= 15 is 0 Å². The number of hydrogen-bond donors (Lipinski definition) is 25. The van der Waals surface area contributed by atoms with Crippen LogP contribution < -0.4 is 21.3 Å². The van der Waals surface area contributed by atoms with Crippen LogP contribution in [0.4, 0.5) is 0 Å². The topological polar surface area (TPSA) is 680 Å². The van der Waals surface area contributed by atoms with Gasteiger partial charge in [-0.25, -0.2) is 0 Å². The summed E-state index contributed by atoms with van der Waals surface area (Å²) in [5, 5.41) is 240. The van der Waals surface area contributed by atoms with Crippen molar-refractivity contribution in [1.29, 1.82) is 0 Å². The molecule has 8 rings (SSSR count). The Bertz CT molecular complexity index is 2620. The molecule has 0 radical (unpaired) electrons. The predicted octanol–water partition coefficient (Wildman–Crippen LogP) is -16.8. The van der Waals surface area contributed by atoms with Crippen LogP contribution in [0, 0.1) is 0 Å². The standard InChI is InChI=1S/C56H94N4O40/c1-13-29(71)37(79)40(82)53(87-13)100-48-38(80)31(73)19(7-62)91-56(48)97-44-22(10-65)93-52(27(36(44)78)59-16(4)69)99-47-32(74)20(8-63)90-55(42(47)84)98-46-28(60-17(5)70)49(85)88-24(33(46)75)12-86-50-26(58-15(3)68)35(77)43(21(9-64)92-50)96-54-41(83)39(81)45(23(11-66)94-54)95-51-25(57-14(2)67)34(76)30(72)18(6-61)89-51/h13,18-56,61-66,71-85H,6-12H2,1-5H3,(H,57,67)(H,58,68)(H,59,69)(H,60,70)/t13-,18+,19+,20+,21+,22+,23+,24+,25+,26+,27+,28+,29+,30+,31-,32-,33-,34+,35+,36+,37+,38-,39+,40-,41+,42+,43+,44+,45-,46+,47-,48+,49-,50+,51+,52-,53-,54-,55-,56-/m0/s1. The SMILES string of the molecule is CC(=O)N[C@@H]1[C@@H](O[C@@H]2O[C@H](CO)[C@H](O)[C@H](O[C@@H]3O[C@H](CO)[C@@H](O[C@@H]4O[C@H](CO)[C@H](O)[C@H](O)[C@H]4O[C@@H]4O[C@@H](C)[C@@H](O)[C@@H](O)[C@@H]4O)[C@H](O)[C@H]3NC(C)=O)[C@H]2O)[C@@H](O)[C@@H](CO[C@@H]2O[C@H](CO)[C@@H](O[C@@H]3O[C@H](CO)[C@H](O[C@H]4O[C@H](CO)[C@@H](O)[C@H](O)[C@H]4NC(C)=O)[C@H](O)[C@H]3O)[C@H](O)[C@H]2NC(C)=O)O[C@@H]1O. The number of carbonyl (C=O) groups excluding carboxylic acids is 4. The van der Waals surface area contributed by atoms with Crippen molar-refractivity contribution >= 4 is 23.6 Å². The van der Waals surface area contributed by atoms with Gasteiger partial charge in [-0.15, -0.1) is 0 Å². The lowest BCUT2D eigenvalue weighted by Gasteiger charge is -2.50. The zero-order chi connectivity index (χ0) is 73.8. The first-order valence-corrected chi connectivity index (χ1v) is 32.0. The lowest BCUT2D eigenvalue weighted by Crippen LogP contribution is -2.70. The molecule has 44 heteroatoms. The molecular weight excluding hydrogens is 1370 g/mol. The molecular formula is C56H94N4O40. The van der Waals surface area contributed by atoms with E-state index < -0.39 is 315 Å². The second-order valence-corrected chi connectivity index (χ2v) is 25.3. The van der Waals surface area contributed by atoms with Gasteiger partial charge in [0.15, 0.2) is 50.3 Å². The minimum atomic E-state index is -2.32. The van der Waals surface area contributed by atoms with E-state index in [1.54, 1.807) is 0 Å². The molecule has 0 saturated carbocycles. The number of aliphatic hydroxyl groups is 21. The van der Waals surface area contributed by atoms with Crippen LogP contribution in [0.25, 0.3) is 0 Å². The van der Waals surface area contributed by atoms with E-state index in [0.717, 1.165) is 27.7 Å². The minimum Gasteiger partial charge on any atom is -0.394 e. The van der Waals surface area contributed by atoms with Gasteiger partial charge in [-0.3, -0.25) is 19.2 Å². The first kappa shape index (κ1) is 82.1. The molecule has 0 aromatic heterocycles. The predicted molar refractivity (Wildman–Crippen MR) is 309 cm³/mol. The Kier molecular flexibility index (Phi) is 29.3. The van der Waals surface area contributed by atoms with Crippen LogP contribution in [0.1, 0.15) is 34.6 Å². The molecule has 0 spiro atoms. The van der Waals surface area contributed by atoms with Gasteiger partial charge < -0.3 is 200 Å². The highest BCUT2D eigenvalue weighted by Crippen LogP contribution is 2.38. The van der Waals surface area contributed by atoms with Crippen LogP contribution in [0.2, 0.25) is 0 Å². The first-order valence-electron chi connectivity index (χ1n) is 32.0. The summed E-state index contributed by atoms with van der Waals surface area (Å²) in [5.74, 6) is -3.37. The van der Waals surface area contributed by atoms with E-state index in [-0.39, 0.29) is 0 Å². The quantitative estimate of drug-likeness (QED) is 0.0404. The largest absolute Gasteiger partial charge is 0.394 e. The van der Waals surface area contributed by atoms with Crippen molar-refractivity contribution < 1.29 is 197 Å². The molecule has 0 bridgehead atoms. The summed E-state index contributed by atoms with van der Waals surface area (Å²) in [7, 11) is 0. The second kappa shape index (κ2) is 35.7. The minimum absolute atomic E-state index is 0.740. The van der Waals surface area contributed by atoms with Crippen molar-refractivity contribution in [2.45, 2.75) is 280 Å². The molecule has 44 nitrogen and oxygen atoms in total. The third kappa shape index (κ3) is 18.1. The van der Waals surface area contributed by atoms with Crippen molar-refractivity contribution in [3.05, 3.63) is 0 Å². The van der Waals surface area contributed by atoms with E-state index in [2.05, 4.69) is 21.3 Å². The number of ether oxygens (including phenoxy) is 15. The molecule has 8 aliphatic rings. The van der Waals surface area contributed by atoms with E-state index in [1.807, 2.05) is 0 Å². The maximum absolute atomic E-state index is 12.8. The van der Waals surface area contributed by atoms with Crippen molar-refractivity contribution in [2.24, 2.45) is 0 Å². The molecule has 0 aliphatic carbocycles. The Labute approximate surface area is 567 Å². The first-order chi connectivity index (χ1) is 47.2. The Morgan fingerprint density at radius 1 is 0.280 bits per heavy atom. The molecule has 0 aromatic carbocycles. The van der Waals surface area contributed by atoms with E-state index in [4.69, 9.17) is 71.1 Å². The number of carbonyl (C=O) groups is 4. The summed E-state index contributed by atoms with van der Waals surface area (Å²) in [6, 6.07) is -6.97. The molecule has 8 saturated heterocycles. The van der Waals surface area contributed by atoms with Crippen LogP contribution in [0.15, 0.2) is 0 Å². The lowest BCUT2D eigenvalue weighted by molar-refractivity contribution is -0.390. The highest BCUT2D eigenvalue weighted by molar-refractivity contribution is 5.74. The fourth-order valence-electron chi connectivity index (χ4n) is 12.9. The Morgan fingerprint density at radius 3 is 1.13 bits per heavy atom. The van der Waals surface area contributed by atoms with Crippen molar-refractivity contribution in [1.82, 2.24) is 21.3 Å². The molecule has 40 atom stereocenters. The van der Waals surface area contributed by atoms with E-state index in [1.165, 1.54) is 6.92 Å². The highest BCUT2D eigenvalue weighted by atomic mass is 16.8. The molecule has 25 N–H and O–H groups in total. The summed E-state index contributed by atoms with van der Waals surface area (Å²) < 4.78 is 87.4. The average molecular weight is 1460 g/mol. The summed E-state index contributed by atoms with van der Waals surface area (Å²) in [4.78, 5) is 50.3. The molecule has 8 heterocycles. The zero-order valence-corrected chi connectivity index (χ0v) is 54.2. The second-order valence-electron chi connectivity index (χ2n) is 25.3. The van der Waals surface area contributed by atoms with Crippen molar-refractivity contribution in [3.63, 3.8) is 0 Å². The summed E-state index contributed by atoms with van der Waals surface area (Å²) in [5.41, 5.74) is 0. The van der Waals surface area contributed by atoms with Crippen LogP contribution in [-0.4, -0.2) is 423 Å². The summed E-state index contributed by atoms with van der Waals surface area (Å²) in [6.07, 6.45) is -68.9. The fourth-order valence-corrected chi connectivity index (χ4v) is 12.9. The van der Waals surface area contributed by atoms with Gasteiger partial charge in [-0.05, 0) is 6.92 Å². The molecule has 578 valence electrons. The van der Waals surface area contributed by atoms with Gasteiger partial charge in [-0.2, -0.15) is 0 Å². The Balaban J connectivity index is 0.968. The third-order valence-corrected chi connectivity index (χ3v) is 18.2. The molecule has 0 unspecified atom stereocenters.